The Bertz CT molecular complexity index is 3530. The average molecular weight is 749 g/mol. The van der Waals surface area contributed by atoms with Crippen molar-refractivity contribution in [1.82, 2.24) is 19.9 Å². The Balaban J connectivity index is 1.09. The van der Waals surface area contributed by atoms with E-state index in [1.165, 1.54) is 4.70 Å². The molecule has 12 aromatic rings. The van der Waals surface area contributed by atoms with Crippen LogP contribution in [0, 0.1) is 0 Å². The summed E-state index contributed by atoms with van der Waals surface area (Å²) in [6.07, 6.45) is 0. The van der Waals surface area contributed by atoms with E-state index in [1.54, 1.807) is 11.3 Å². The van der Waals surface area contributed by atoms with Gasteiger partial charge in [0.2, 0.25) is 5.89 Å². The van der Waals surface area contributed by atoms with E-state index in [-0.39, 0.29) is 0 Å². The quantitative estimate of drug-likeness (QED) is 0.174. The van der Waals surface area contributed by atoms with Gasteiger partial charge in [0.05, 0.1) is 0 Å². The molecule has 12 rings (SSSR count). The molecule has 57 heavy (non-hydrogen) atoms. The molecule has 0 atom stereocenters. The summed E-state index contributed by atoms with van der Waals surface area (Å²) in [5.74, 6) is 2.35. The number of para-hydroxylation sites is 1. The average Bonchev–Trinajstić information content (AvgIpc) is 4.00. The predicted octanol–water partition coefficient (Wildman–Crippen LogP) is 13.8. The van der Waals surface area contributed by atoms with Crippen molar-refractivity contribution in [3.63, 3.8) is 0 Å². The lowest BCUT2D eigenvalue weighted by molar-refractivity contribution is 0.623. The number of furan rings is 1. The molecule has 0 radical (unpaired) electrons. The highest BCUT2D eigenvalue weighted by Gasteiger charge is 2.20. The third kappa shape index (κ3) is 5.17. The molecule has 0 aliphatic heterocycles. The van der Waals surface area contributed by atoms with Gasteiger partial charge in [0.25, 0.3) is 0 Å². The van der Waals surface area contributed by atoms with Gasteiger partial charge in [-0.3, -0.25) is 0 Å². The first kappa shape index (κ1) is 31.8. The molecule has 0 bridgehead atoms. The summed E-state index contributed by atoms with van der Waals surface area (Å²) in [4.78, 5) is 20.5. The third-order valence-corrected chi connectivity index (χ3v) is 11.9. The minimum absolute atomic E-state index is 0.566. The van der Waals surface area contributed by atoms with Crippen LogP contribution in [0.3, 0.4) is 0 Å². The zero-order valence-electron chi connectivity index (χ0n) is 30.2. The van der Waals surface area contributed by atoms with Crippen LogP contribution in [0.4, 0.5) is 0 Å². The van der Waals surface area contributed by atoms with Crippen LogP contribution >= 0.6 is 11.3 Å². The number of benzene rings is 8. The van der Waals surface area contributed by atoms with Gasteiger partial charge in [0, 0.05) is 53.2 Å². The van der Waals surface area contributed by atoms with Crippen LogP contribution in [0.2, 0.25) is 0 Å². The first-order valence-electron chi connectivity index (χ1n) is 18.8. The highest BCUT2D eigenvalue weighted by Crippen LogP contribution is 2.44. The van der Waals surface area contributed by atoms with Crippen molar-refractivity contribution in [3.05, 3.63) is 170 Å². The Morgan fingerprint density at radius 3 is 1.86 bits per heavy atom. The third-order valence-electron chi connectivity index (χ3n) is 10.8. The van der Waals surface area contributed by atoms with Gasteiger partial charge in [-0.05, 0) is 76.5 Å². The maximum absolute atomic E-state index is 6.58. The molecule has 0 fully saturated rings. The Hall–Kier alpha value is -7.48. The maximum atomic E-state index is 6.58. The van der Waals surface area contributed by atoms with Gasteiger partial charge in [-0.25, -0.2) is 19.9 Å². The minimum atomic E-state index is 0.566. The van der Waals surface area contributed by atoms with E-state index in [4.69, 9.17) is 28.8 Å². The van der Waals surface area contributed by atoms with Crippen molar-refractivity contribution >= 4 is 75.3 Å². The molecule has 0 saturated carbocycles. The first-order chi connectivity index (χ1) is 28.2. The Morgan fingerprint density at radius 2 is 1.02 bits per heavy atom. The lowest BCUT2D eigenvalue weighted by Gasteiger charge is -2.12. The van der Waals surface area contributed by atoms with E-state index in [0.717, 1.165) is 92.7 Å². The van der Waals surface area contributed by atoms with Crippen molar-refractivity contribution < 1.29 is 8.83 Å². The zero-order valence-corrected chi connectivity index (χ0v) is 31.0. The monoisotopic (exact) mass is 748 g/mol. The Morgan fingerprint density at radius 1 is 0.386 bits per heavy atom. The van der Waals surface area contributed by atoms with E-state index in [1.807, 2.05) is 66.7 Å². The second kappa shape index (κ2) is 12.5. The van der Waals surface area contributed by atoms with Crippen LogP contribution in [-0.2, 0) is 0 Å². The molecule has 8 aromatic carbocycles. The molecule has 4 heterocycles. The van der Waals surface area contributed by atoms with Gasteiger partial charge in [0.1, 0.15) is 16.7 Å². The standard InChI is InChI=1S/C50H28N4O2S/c1-3-11-29(12-4-1)34-15-7-8-17-37(34)49-53-47(52-48(54-49)33-21-23-36-35-16-9-10-18-40(35)55-41(36)28-33)32-20-19-30-22-25-42-44(38(30)27-32)45-43(57-42)26-24-39-46(45)56-50(51-39)31-13-5-2-6-14-31/h1-28H. The van der Waals surface area contributed by atoms with E-state index in [9.17, 15) is 0 Å². The number of hydrogen-bond acceptors (Lipinski definition) is 7. The van der Waals surface area contributed by atoms with Gasteiger partial charge in [0.15, 0.2) is 23.1 Å². The zero-order chi connectivity index (χ0) is 37.5. The lowest BCUT2D eigenvalue weighted by atomic mass is 9.99. The summed E-state index contributed by atoms with van der Waals surface area (Å²) in [6, 6.07) is 58.1. The van der Waals surface area contributed by atoms with Crippen LogP contribution in [-0.4, -0.2) is 19.9 Å². The highest BCUT2D eigenvalue weighted by atomic mass is 32.1. The van der Waals surface area contributed by atoms with Crippen LogP contribution in [0.1, 0.15) is 0 Å². The van der Waals surface area contributed by atoms with Gasteiger partial charge in [-0.1, -0.05) is 115 Å². The number of fused-ring (bicyclic) bond motifs is 10. The molecule has 0 spiro atoms. The maximum Gasteiger partial charge on any atom is 0.227 e. The van der Waals surface area contributed by atoms with Gasteiger partial charge >= 0.3 is 0 Å². The number of rotatable bonds is 5. The smallest absolute Gasteiger partial charge is 0.227 e. The highest BCUT2D eigenvalue weighted by molar-refractivity contribution is 7.26. The Kier molecular flexibility index (Phi) is 7.00. The first-order valence-corrected chi connectivity index (χ1v) is 19.6. The van der Waals surface area contributed by atoms with Crippen molar-refractivity contribution in [2.75, 3.05) is 0 Å². The van der Waals surface area contributed by atoms with Crippen molar-refractivity contribution in [2.24, 2.45) is 0 Å². The molecule has 0 amide bonds. The topological polar surface area (TPSA) is 77.8 Å². The van der Waals surface area contributed by atoms with Crippen LogP contribution < -0.4 is 0 Å². The van der Waals surface area contributed by atoms with Crippen LogP contribution in [0.25, 0.3) is 121 Å². The fraction of sp³-hybridized carbons (Fsp3) is 0. The summed E-state index contributed by atoms with van der Waals surface area (Å²) in [5, 5.41) is 6.54. The summed E-state index contributed by atoms with van der Waals surface area (Å²) < 4.78 is 15.2. The minimum Gasteiger partial charge on any atom is -0.456 e. The van der Waals surface area contributed by atoms with Crippen LogP contribution in [0.5, 0.6) is 0 Å². The number of nitrogens with zero attached hydrogens (tertiary/aromatic N) is 4. The molecule has 7 heteroatoms. The van der Waals surface area contributed by atoms with Crippen molar-refractivity contribution in [3.8, 4) is 56.7 Å². The van der Waals surface area contributed by atoms with E-state index < -0.39 is 0 Å². The number of aromatic nitrogens is 4. The number of thiophene rings is 1. The number of hydrogen-bond donors (Lipinski definition) is 0. The second-order valence-corrected chi connectivity index (χ2v) is 15.3. The van der Waals surface area contributed by atoms with E-state index in [2.05, 4.69) is 103 Å². The van der Waals surface area contributed by atoms with Crippen molar-refractivity contribution in [1.29, 1.82) is 0 Å². The fourth-order valence-corrected chi connectivity index (χ4v) is 9.19. The summed E-state index contributed by atoms with van der Waals surface area (Å²) >= 11 is 1.76. The van der Waals surface area contributed by atoms with Crippen LogP contribution in [0.15, 0.2) is 179 Å². The molecule has 0 aliphatic rings. The molecule has 0 N–H and O–H groups in total. The molecular weight excluding hydrogens is 721 g/mol. The Labute approximate surface area is 329 Å². The SMILES string of the molecule is c1ccc(-c2nc3ccc4sc5ccc6ccc(-c7nc(-c8ccc9c(c8)oc8ccccc89)nc(-c8ccccc8-c8ccccc8)n7)cc6c5c4c3o2)cc1. The van der Waals surface area contributed by atoms with Gasteiger partial charge in [-0.2, -0.15) is 0 Å². The molecule has 0 saturated heterocycles. The molecular formula is C50H28N4O2S. The van der Waals surface area contributed by atoms with E-state index >= 15 is 0 Å². The van der Waals surface area contributed by atoms with Gasteiger partial charge in [-0.15, -0.1) is 11.3 Å². The normalized spacial score (nSPS) is 11.9. The largest absolute Gasteiger partial charge is 0.456 e. The number of oxazole rings is 1. The lowest BCUT2D eigenvalue weighted by Crippen LogP contribution is -2.01. The summed E-state index contributed by atoms with van der Waals surface area (Å²) in [7, 11) is 0. The van der Waals surface area contributed by atoms with Crippen molar-refractivity contribution in [2.45, 2.75) is 0 Å². The molecule has 266 valence electrons. The summed E-state index contributed by atoms with van der Waals surface area (Å²) in [6.45, 7) is 0. The fourth-order valence-electron chi connectivity index (χ4n) is 8.07. The second-order valence-electron chi connectivity index (χ2n) is 14.2. The molecule has 6 nitrogen and oxygen atoms in total. The molecule has 0 aliphatic carbocycles. The summed E-state index contributed by atoms with van der Waals surface area (Å²) in [5.41, 5.74) is 8.99. The van der Waals surface area contributed by atoms with Gasteiger partial charge < -0.3 is 8.83 Å². The molecule has 4 aromatic heterocycles. The predicted molar refractivity (Wildman–Crippen MR) is 232 cm³/mol. The molecule has 0 unspecified atom stereocenters. The van der Waals surface area contributed by atoms with E-state index in [0.29, 0.717) is 23.4 Å².